The van der Waals surface area contributed by atoms with Crippen molar-refractivity contribution < 1.29 is 14.3 Å². The Bertz CT molecular complexity index is 758. The molecule has 3 rings (SSSR count). The number of hydrogen-bond donors (Lipinski definition) is 1. The minimum Gasteiger partial charge on any atom is -0.491 e. The number of rotatable bonds is 8. The van der Waals surface area contributed by atoms with E-state index in [1.54, 1.807) is 13.3 Å². The Hall–Kier alpha value is -2.14. The number of carbonyl (C=O) groups excluding carboxylic acids is 1. The van der Waals surface area contributed by atoms with Crippen molar-refractivity contribution in [3.8, 4) is 5.75 Å². The van der Waals surface area contributed by atoms with Crippen LogP contribution in [0.5, 0.6) is 5.75 Å². The number of ether oxygens (including phenoxy) is 2. The Balaban J connectivity index is 1.87. The van der Waals surface area contributed by atoms with Gasteiger partial charge in [0.1, 0.15) is 16.9 Å². The standard InChI is InChI=1S/C20H26N2O3/c1-4-5-13-25-17-11-10-16(15-7-6-12-21-18(15)17)22-19(23)20(2,24-3)14-8-9-14/h6-7,10-12,14H,4-5,8-9,13H2,1-3H3,(H,22,23)/t20-/m1/s1. The Labute approximate surface area is 148 Å². The van der Waals surface area contributed by atoms with Gasteiger partial charge in [0.25, 0.3) is 5.91 Å². The molecule has 1 saturated carbocycles. The van der Waals surface area contributed by atoms with Gasteiger partial charge in [-0.3, -0.25) is 9.78 Å². The molecule has 134 valence electrons. The molecule has 1 atom stereocenters. The lowest BCUT2D eigenvalue weighted by Crippen LogP contribution is -2.44. The molecule has 5 nitrogen and oxygen atoms in total. The number of amides is 1. The predicted molar refractivity (Wildman–Crippen MR) is 98.9 cm³/mol. The summed E-state index contributed by atoms with van der Waals surface area (Å²) in [4.78, 5) is 17.2. The largest absolute Gasteiger partial charge is 0.491 e. The summed E-state index contributed by atoms with van der Waals surface area (Å²) in [5.41, 5.74) is 0.715. The lowest BCUT2D eigenvalue weighted by atomic mass is 9.98. The van der Waals surface area contributed by atoms with Crippen LogP contribution in [0.4, 0.5) is 5.69 Å². The van der Waals surface area contributed by atoms with Gasteiger partial charge in [-0.2, -0.15) is 0 Å². The average molecular weight is 342 g/mol. The Morgan fingerprint density at radius 1 is 1.36 bits per heavy atom. The number of nitrogens with zero attached hydrogens (tertiary/aromatic N) is 1. The molecule has 0 unspecified atom stereocenters. The van der Waals surface area contributed by atoms with Crippen LogP contribution in [-0.2, 0) is 9.53 Å². The van der Waals surface area contributed by atoms with Crippen LogP contribution in [0.15, 0.2) is 30.5 Å². The zero-order chi connectivity index (χ0) is 17.9. The van der Waals surface area contributed by atoms with Crippen molar-refractivity contribution in [2.75, 3.05) is 19.0 Å². The maximum absolute atomic E-state index is 12.8. The smallest absolute Gasteiger partial charge is 0.256 e. The second-order valence-electron chi connectivity index (χ2n) is 6.75. The van der Waals surface area contributed by atoms with Crippen LogP contribution in [0.3, 0.4) is 0 Å². The number of methoxy groups -OCH3 is 1. The van der Waals surface area contributed by atoms with Crippen molar-refractivity contribution in [1.29, 1.82) is 0 Å². The summed E-state index contributed by atoms with van der Waals surface area (Å²) >= 11 is 0. The van der Waals surface area contributed by atoms with Gasteiger partial charge in [0.2, 0.25) is 0 Å². The molecule has 1 aliphatic rings. The molecule has 2 aromatic rings. The molecule has 1 amide bonds. The third-order valence-electron chi connectivity index (χ3n) is 4.97. The van der Waals surface area contributed by atoms with Gasteiger partial charge < -0.3 is 14.8 Å². The van der Waals surface area contributed by atoms with Gasteiger partial charge in [0.05, 0.1) is 12.3 Å². The fraction of sp³-hybridized carbons (Fsp3) is 0.500. The first-order valence-corrected chi connectivity index (χ1v) is 8.97. The summed E-state index contributed by atoms with van der Waals surface area (Å²) < 4.78 is 11.4. The number of anilines is 1. The summed E-state index contributed by atoms with van der Waals surface area (Å²) in [6.07, 6.45) is 5.88. The minimum atomic E-state index is -0.787. The molecule has 1 N–H and O–H groups in total. The summed E-state index contributed by atoms with van der Waals surface area (Å²) in [6, 6.07) is 7.57. The fourth-order valence-corrected chi connectivity index (χ4v) is 3.02. The number of benzene rings is 1. The van der Waals surface area contributed by atoms with E-state index < -0.39 is 5.60 Å². The van der Waals surface area contributed by atoms with E-state index in [4.69, 9.17) is 9.47 Å². The molecule has 5 heteroatoms. The zero-order valence-electron chi connectivity index (χ0n) is 15.2. The van der Waals surface area contributed by atoms with E-state index >= 15 is 0 Å². The van der Waals surface area contributed by atoms with Crippen molar-refractivity contribution in [1.82, 2.24) is 4.98 Å². The van der Waals surface area contributed by atoms with Crippen LogP contribution in [0.25, 0.3) is 10.9 Å². The lowest BCUT2D eigenvalue weighted by molar-refractivity contribution is -0.138. The van der Waals surface area contributed by atoms with Crippen LogP contribution in [0, 0.1) is 5.92 Å². The summed E-state index contributed by atoms with van der Waals surface area (Å²) in [6.45, 7) is 4.66. The predicted octanol–water partition coefficient (Wildman–Crippen LogP) is 4.17. The van der Waals surface area contributed by atoms with Gasteiger partial charge in [0, 0.05) is 18.7 Å². The Morgan fingerprint density at radius 2 is 2.16 bits per heavy atom. The molecule has 0 spiro atoms. The molecule has 1 heterocycles. The van der Waals surface area contributed by atoms with E-state index in [1.807, 2.05) is 31.2 Å². The van der Waals surface area contributed by atoms with Crippen LogP contribution >= 0.6 is 0 Å². The lowest BCUT2D eigenvalue weighted by Gasteiger charge is -2.27. The van der Waals surface area contributed by atoms with Crippen molar-refractivity contribution in [3.05, 3.63) is 30.5 Å². The maximum atomic E-state index is 12.8. The first-order chi connectivity index (χ1) is 12.1. The SMILES string of the molecule is CCCCOc1ccc(NC(=O)[C@](C)(OC)C2CC2)c2cccnc12. The monoisotopic (exact) mass is 342 g/mol. The number of aromatic nitrogens is 1. The second kappa shape index (κ2) is 7.40. The highest BCUT2D eigenvalue weighted by Gasteiger charge is 2.47. The number of nitrogens with one attached hydrogen (secondary N) is 1. The minimum absolute atomic E-state index is 0.109. The second-order valence-corrected chi connectivity index (χ2v) is 6.75. The van der Waals surface area contributed by atoms with E-state index in [-0.39, 0.29) is 5.91 Å². The molecular formula is C20H26N2O3. The molecular weight excluding hydrogens is 316 g/mol. The van der Waals surface area contributed by atoms with Gasteiger partial charge in [-0.1, -0.05) is 13.3 Å². The molecule has 1 aromatic heterocycles. The van der Waals surface area contributed by atoms with Crippen molar-refractivity contribution in [3.63, 3.8) is 0 Å². The highest BCUT2D eigenvalue weighted by Crippen LogP contribution is 2.42. The number of pyridine rings is 1. The topological polar surface area (TPSA) is 60.5 Å². The quantitative estimate of drug-likeness (QED) is 0.732. The van der Waals surface area contributed by atoms with E-state index in [1.165, 1.54) is 0 Å². The van der Waals surface area contributed by atoms with Gasteiger partial charge in [-0.05, 0) is 56.4 Å². The van der Waals surface area contributed by atoms with E-state index in [0.717, 1.165) is 48.0 Å². The number of unbranched alkanes of at least 4 members (excludes halogenated alkanes) is 1. The molecule has 1 fully saturated rings. The van der Waals surface area contributed by atoms with Gasteiger partial charge >= 0.3 is 0 Å². The number of fused-ring (bicyclic) bond motifs is 1. The molecule has 0 radical (unpaired) electrons. The molecule has 0 aliphatic heterocycles. The molecule has 0 bridgehead atoms. The van der Waals surface area contributed by atoms with Crippen molar-refractivity contribution in [2.45, 2.75) is 45.1 Å². The third kappa shape index (κ3) is 3.61. The van der Waals surface area contributed by atoms with Crippen LogP contribution in [0.1, 0.15) is 39.5 Å². The maximum Gasteiger partial charge on any atom is 0.256 e. The van der Waals surface area contributed by atoms with Gasteiger partial charge in [-0.15, -0.1) is 0 Å². The Morgan fingerprint density at radius 3 is 2.84 bits per heavy atom. The zero-order valence-corrected chi connectivity index (χ0v) is 15.2. The van der Waals surface area contributed by atoms with Crippen molar-refractivity contribution in [2.24, 2.45) is 5.92 Å². The summed E-state index contributed by atoms with van der Waals surface area (Å²) in [7, 11) is 1.60. The van der Waals surface area contributed by atoms with Gasteiger partial charge in [0.15, 0.2) is 0 Å². The van der Waals surface area contributed by atoms with E-state index in [2.05, 4.69) is 17.2 Å². The fourth-order valence-electron chi connectivity index (χ4n) is 3.02. The van der Waals surface area contributed by atoms with Crippen molar-refractivity contribution >= 4 is 22.5 Å². The molecule has 1 aliphatic carbocycles. The molecule has 25 heavy (non-hydrogen) atoms. The summed E-state index contributed by atoms with van der Waals surface area (Å²) in [5.74, 6) is 0.930. The highest BCUT2D eigenvalue weighted by molar-refractivity contribution is 6.05. The highest BCUT2D eigenvalue weighted by atomic mass is 16.5. The Kier molecular flexibility index (Phi) is 5.23. The first-order valence-electron chi connectivity index (χ1n) is 8.97. The number of carbonyl (C=O) groups is 1. The average Bonchev–Trinajstić information content (AvgIpc) is 3.48. The third-order valence-corrected chi connectivity index (χ3v) is 4.97. The number of hydrogen-bond acceptors (Lipinski definition) is 4. The van der Waals surface area contributed by atoms with E-state index in [0.29, 0.717) is 12.5 Å². The normalized spacial score (nSPS) is 16.4. The van der Waals surface area contributed by atoms with Crippen LogP contribution in [0.2, 0.25) is 0 Å². The first kappa shape index (κ1) is 17.7. The molecule has 0 saturated heterocycles. The summed E-state index contributed by atoms with van der Waals surface area (Å²) in [5, 5.41) is 3.91. The van der Waals surface area contributed by atoms with Crippen LogP contribution < -0.4 is 10.1 Å². The van der Waals surface area contributed by atoms with Crippen LogP contribution in [-0.4, -0.2) is 30.2 Å². The van der Waals surface area contributed by atoms with E-state index in [9.17, 15) is 4.79 Å². The van der Waals surface area contributed by atoms with Gasteiger partial charge in [-0.25, -0.2) is 0 Å². The molecule has 1 aromatic carbocycles.